The minimum absolute atomic E-state index is 0.0458. The topological polar surface area (TPSA) is 98.5 Å². The first-order valence-electron chi connectivity index (χ1n) is 20.8. The largest absolute Gasteiger partial charge is 0.481 e. The lowest BCUT2D eigenvalue weighted by atomic mass is 9.32. The highest BCUT2D eigenvalue weighted by molar-refractivity contribution is 5.79. The molecule has 0 aliphatic heterocycles. The molecule has 1 aromatic rings. The second-order valence-corrected chi connectivity index (χ2v) is 20.8. The average molecular weight is 719 g/mol. The van der Waals surface area contributed by atoms with Gasteiger partial charge in [-0.25, -0.2) is 4.98 Å². The Morgan fingerprint density at radius 2 is 1.65 bits per heavy atom. The number of fused-ring (bicyclic) bond motifs is 7. The summed E-state index contributed by atoms with van der Waals surface area (Å²) in [5.74, 6) is 2.06. The molecule has 52 heavy (non-hydrogen) atoms. The monoisotopic (exact) mass is 719 g/mol. The zero-order chi connectivity index (χ0) is 37.9. The molecule has 0 amide bonds. The van der Waals surface area contributed by atoms with E-state index in [1.54, 1.807) is 0 Å². The van der Waals surface area contributed by atoms with Crippen LogP contribution in [0.15, 0.2) is 30.9 Å². The number of allylic oxidation sites excluding steroid dienone is 1. The normalized spacial score (nSPS) is 39.4. The van der Waals surface area contributed by atoms with Crippen molar-refractivity contribution in [2.75, 3.05) is 0 Å². The molecule has 5 aliphatic carbocycles. The Morgan fingerprint density at radius 3 is 2.33 bits per heavy atom. The lowest BCUT2D eigenvalue weighted by Crippen LogP contribution is -2.66. The van der Waals surface area contributed by atoms with Crippen LogP contribution in [0.3, 0.4) is 0 Å². The maximum Gasteiger partial charge on any atom is 0.306 e. The molecule has 5 saturated carbocycles. The fourth-order valence-electron chi connectivity index (χ4n) is 14.4. The summed E-state index contributed by atoms with van der Waals surface area (Å²) in [7, 11) is 0. The van der Waals surface area contributed by atoms with Gasteiger partial charge in [0.05, 0.1) is 19.2 Å². The number of carboxylic acids is 1. The zero-order valence-corrected chi connectivity index (χ0v) is 33.9. The van der Waals surface area contributed by atoms with Crippen molar-refractivity contribution in [1.29, 1.82) is 0 Å². The molecule has 0 radical (unpaired) electrons. The van der Waals surface area contributed by atoms with Crippen LogP contribution < -0.4 is 0 Å². The number of unbranched alkanes of at least 4 members (excludes halogenated alkanes) is 1. The van der Waals surface area contributed by atoms with Gasteiger partial charge in [-0.15, -0.1) is 0 Å². The number of imidazole rings is 1. The van der Waals surface area contributed by atoms with Crippen molar-refractivity contribution in [3.8, 4) is 0 Å². The summed E-state index contributed by atoms with van der Waals surface area (Å²) in [6.45, 7) is 24.0. The zero-order valence-electron chi connectivity index (χ0n) is 33.9. The summed E-state index contributed by atoms with van der Waals surface area (Å²) >= 11 is 0. The molecule has 5 fully saturated rings. The number of carbonyl (C=O) groups is 3. The van der Waals surface area contributed by atoms with Gasteiger partial charge in [-0.1, -0.05) is 60.6 Å². The third kappa shape index (κ3) is 6.75. The van der Waals surface area contributed by atoms with Crippen molar-refractivity contribution in [3.05, 3.63) is 30.9 Å². The fourth-order valence-corrected chi connectivity index (χ4v) is 14.4. The van der Waals surface area contributed by atoms with E-state index in [1.807, 2.05) is 32.6 Å². The molecule has 1 heterocycles. The second-order valence-electron chi connectivity index (χ2n) is 20.8. The fraction of sp³-hybridized carbons (Fsp3) is 0.822. The van der Waals surface area contributed by atoms with Gasteiger partial charge in [-0.3, -0.25) is 14.4 Å². The van der Waals surface area contributed by atoms with Gasteiger partial charge < -0.3 is 14.4 Å². The Balaban J connectivity index is 1.18. The lowest BCUT2D eigenvalue weighted by molar-refractivity contribution is -0.250. The number of esters is 1. The number of hydrogen-bond acceptors (Lipinski definition) is 5. The quantitative estimate of drug-likeness (QED) is 0.124. The van der Waals surface area contributed by atoms with Gasteiger partial charge >= 0.3 is 11.9 Å². The number of carbonyl (C=O) groups excluding carboxylic acids is 2. The molecule has 1 aromatic heterocycles. The molecule has 5 aliphatic rings. The molecule has 7 nitrogen and oxygen atoms in total. The third-order valence-electron chi connectivity index (χ3n) is 16.9. The number of aryl methyl sites for hydroxylation is 1. The number of aromatic nitrogens is 2. The highest BCUT2D eigenvalue weighted by atomic mass is 16.5. The van der Waals surface area contributed by atoms with Gasteiger partial charge in [0.15, 0.2) is 0 Å². The first kappa shape index (κ1) is 39.3. The van der Waals surface area contributed by atoms with E-state index in [2.05, 4.69) is 57.7 Å². The summed E-state index contributed by atoms with van der Waals surface area (Å²) in [5, 5.41) is 9.35. The van der Waals surface area contributed by atoms with Gasteiger partial charge in [0.25, 0.3) is 0 Å². The van der Waals surface area contributed by atoms with Crippen LogP contribution in [0.1, 0.15) is 158 Å². The smallest absolute Gasteiger partial charge is 0.306 e. The van der Waals surface area contributed by atoms with Crippen molar-refractivity contribution in [1.82, 2.24) is 9.55 Å². The van der Waals surface area contributed by atoms with Crippen molar-refractivity contribution in [3.63, 3.8) is 0 Å². The van der Waals surface area contributed by atoms with E-state index in [-0.39, 0.29) is 52.0 Å². The Labute approximate surface area is 314 Å². The highest BCUT2D eigenvalue weighted by Gasteiger charge is 2.71. The molecule has 0 spiro atoms. The number of Topliss-reactive ketones (excluding diaryl/α,β-unsaturated/α-hetero) is 1. The minimum atomic E-state index is -0.881. The standard InChI is InChI=1S/C45H70N2O5/c1-30(2)32-15-20-45(26-31(48)12-10-11-24-47-25-23-46-29-47)22-21-43(8)33(39(32)45)13-14-35-42(7)18-17-36(41(5,6)34(42)16-19-44(35,43)9)52-38(51)28-40(3,4)27-37(49)50/h23,25,29,32-36,39H,1,10-22,24,26-28H2,2-9H3,(H,49,50)/t32-,33+,34-,35+,36-,39+,42-,43+,44+,45+/m0/s1. The molecule has 0 bridgehead atoms. The van der Waals surface area contributed by atoms with Crippen molar-refractivity contribution in [2.45, 2.75) is 171 Å². The molecule has 6 rings (SSSR count). The Bertz CT molecular complexity index is 1510. The molecule has 0 saturated heterocycles. The van der Waals surface area contributed by atoms with E-state index in [4.69, 9.17) is 4.74 Å². The predicted molar refractivity (Wildman–Crippen MR) is 205 cm³/mol. The SMILES string of the molecule is C=C(C)[C@@H]1CC[C@]2(CC(=O)CCCCn3ccnc3)CC[C@]3(C)[C@H](CC[C@@H]4[C@@]5(C)CC[C@H](OC(=O)CC(C)(C)CC(=O)O)C(C)(C)[C@@H]5CC[C@]43C)[C@@H]12. The molecule has 1 N–H and O–H groups in total. The van der Waals surface area contributed by atoms with E-state index in [0.717, 1.165) is 45.1 Å². The van der Waals surface area contributed by atoms with E-state index >= 15 is 0 Å². The van der Waals surface area contributed by atoms with Gasteiger partial charge in [0, 0.05) is 37.2 Å². The van der Waals surface area contributed by atoms with E-state index in [9.17, 15) is 19.5 Å². The van der Waals surface area contributed by atoms with Crippen LogP contribution in [-0.4, -0.2) is 38.5 Å². The van der Waals surface area contributed by atoms with Gasteiger partial charge in [0.1, 0.15) is 11.9 Å². The molecular formula is C45H70N2O5. The van der Waals surface area contributed by atoms with Crippen molar-refractivity contribution in [2.24, 2.45) is 62.1 Å². The minimum Gasteiger partial charge on any atom is -0.481 e. The molecule has 0 unspecified atom stereocenters. The highest BCUT2D eigenvalue weighted by Crippen LogP contribution is 2.78. The van der Waals surface area contributed by atoms with E-state index < -0.39 is 11.4 Å². The number of hydrogen-bond donors (Lipinski definition) is 1. The maximum atomic E-state index is 13.8. The number of aliphatic carboxylic acids is 1. The number of ketones is 1. The summed E-state index contributed by atoms with van der Waals surface area (Å²) < 4.78 is 8.39. The number of nitrogens with zero attached hydrogens (tertiary/aromatic N) is 2. The van der Waals surface area contributed by atoms with Crippen LogP contribution >= 0.6 is 0 Å². The van der Waals surface area contributed by atoms with E-state index in [1.165, 1.54) is 50.5 Å². The van der Waals surface area contributed by atoms with Gasteiger partial charge in [0.2, 0.25) is 0 Å². The van der Waals surface area contributed by atoms with Crippen LogP contribution in [0, 0.1) is 62.1 Å². The van der Waals surface area contributed by atoms with E-state index in [0.29, 0.717) is 41.8 Å². The maximum absolute atomic E-state index is 13.8. The van der Waals surface area contributed by atoms with Crippen LogP contribution in [0.4, 0.5) is 0 Å². The average Bonchev–Trinajstić information content (AvgIpc) is 3.69. The van der Waals surface area contributed by atoms with Gasteiger partial charge in [-0.2, -0.15) is 0 Å². The third-order valence-corrected chi connectivity index (χ3v) is 16.9. The van der Waals surface area contributed by atoms with Crippen LogP contribution in [0.2, 0.25) is 0 Å². The Kier molecular flexibility index (Phi) is 10.6. The molecule has 10 atom stereocenters. The summed E-state index contributed by atoms with van der Waals surface area (Å²) in [6, 6.07) is 0. The lowest BCUT2D eigenvalue weighted by Gasteiger charge is -2.73. The first-order chi connectivity index (χ1) is 24.3. The molecular weight excluding hydrogens is 649 g/mol. The van der Waals surface area contributed by atoms with Crippen LogP contribution in [0.5, 0.6) is 0 Å². The number of carboxylic acid groups (broad SMARTS) is 1. The molecule has 0 aromatic carbocycles. The predicted octanol–water partition coefficient (Wildman–Crippen LogP) is 10.5. The molecule has 290 valence electrons. The summed E-state index contributed by atoms with van der Waals surface area (Å²) in [6.07, 6.45) is 20.5. The van der Waals surface area contributed by atoms with Crippen molar-refractivity contribution >= 4 is 17.7 Å². The van der Waals surface area contributed by atoms with Crippen LogP contribution in [-0.2, 0) is 25.7 Å². The number of rotatable bonds is 13. The Morgan fingerprint density at radius 1 is 0.904 bits per heavy atom. The number of ether oxygens (including phenoxy) is 1. The first-order valence-corrected chi connectivity index (χ1v) is 20.8. The second kappa shape index (κ2) is 14.0. The van der Waals surface area contributed by atoms with Crippen molar-refractivity contribution < 1.29 is 24.2 Å². The summed E-state index contributed by atoms with van der Waals surface area (Å²) in [5.41, 5.74) is 1.25. The Hall–Kier alpha value is -2.44. The molecule has 7 heteroatoms. The summed E-state index contributed by atoms with van der Waals surface area (Å²) in [4.78, 5) is 42.6. The van der Waals surface area contributed by atoms with Crippen LogP contribution in [0.25, 0.3) is 0 Å². The van der Waals surface area contributed by atoms with Gasteiger partial charge in [-0.05, 0) is 141 Å².